The first-order valence-corrected chi connectivity index (χ1v) is 7.38. The molecule has 0 heterocycles. The van der Waals surface area contributed by atoms with Gasteiger partial charge in [-0.15, -0.1) is 0 Å². The van der Waals surface area contributed by atoms with E-state index < -0.39 is 23.5 Å². The molecule has 0 aliphatic rings. The van der Waals surface area contributed by atoms with Crippen LogP contribution in [0, 0.1) is 11.6 Å². The molecule has 0 aliphatic heterocycles. The van der Waals surface area contributed by atoms with Gasteiger partial charge in [0.25, 0.3) is 0 Å². The molecular weight excluding hydrogens is 308 g/mol. The number of halogens is 2. The summed E-state index contributed by atoms with van der Waals surface area (Å²) in [5.74, 6) is -3.42. The van der Waals surface area contributed by atoms with E-state index in [1.54, 1.807) is 0 Å². The number of carbonyl (C=O) groups excluding carboxylic acids is 1. The van der Waals surface area contributed by atoms with Crippen molar-refractivity contribution in [2.45, 2.75) is 39.3 Å². The summed E-state index contributed by atoms with van der Waals surface area (Å²) in [6.45, 7) is 3.52. The highest BCUT2D eigenvalue weighted by molar-refractivity contribution is 5.78. The molecule has 5 nitrogen and oxygen atoms in total. The molecule has 1 rings (SSSR count). The third kappa shape index (κ3) is 6.73. The summed E-state index contributed by atoms with van der Waals surface area (Å²) in [7, 11) is 0. The topological polar surface area (TPSA) is 66.8 Å². The van der Waals surface area contributed by atoms with Gasteiger partial charge in [0.15, 0.2) is 11.6 Å². The van der Waals surface area contributed by atoms with Crippen LogP contribution >= 0.6 is 0 Å². The van der Waals surface area contributed by atoms with E-state index in [2.05, 4.69) is 0 Å². The Hall–Kier alpha value is -2.02. The molecule has 0 radical (unpaired) electrons. The molecule has 1 atom stereocenters. The second-order valence-corrected chi connectivity index (χ2v) is 5.24. The van der Waals surface area contributed by atoms with E-state index in [-0.39, 0.29) is 32.2 Å². The Morgan fingerprint density at radius 2 is 2.00 bits per heavy atom. The van der Waals surface area contributed by atoms with Crippen molar-refractivity contribution < 1.29 is 28.2 Å². The lowest BCUT2D eigenvalue weighted by molar-refractivity contribution is -0.141. The number of carboxylic acids is 1. The van der Waals surface area contributed by atoms with Crippen molar-refractivity contribution in [1.29, 1.82) is 0 Å². The smallest absolute Gasteiger partial charge is 0.305 e. The van der Waals surface area contributed by atoms with Crippen molar-refractivity contribution in [2.24, 2.45) is 0 Å². The van der Waals surface area contributed by atoms with Gasteiger partial charge < -0.3 is 14.7 Å². The van der Waals surface area contributed by atoms with E-state index in [0.29, 0.717) is 5.56 Å². The van der Waals surface area contributed by atoms with Crippen molar-refractivity contribution in [3.05, 3.63) is 35.4 Å². The summed E-state index contributed by atoms with van der Waals surface area (Å²) >= 11 is 0. The number of hydrogen-bond donors (Lipinski definition) is 1. The molecule has 1 N–H and O–H groups in total. The van der Waals surface area contributed by atoms with E-state index in [4.69, 9.17) is 9.84 Å². The van der Waals surface area contributed by atoms with E-state index in [0.717, 1.165) is 18.6 Å². The van der Waals surface area contributed by atoms with Gasteiger partial charge in [0, 0.05) is 13.1 Å². The maximum absolute atomic E-state index is 13.2. The highest BCUT2D eigenvalue weighted by Gasteiger charge is 2.17. The number of aliphatic carboxylic acids is 1. The van der Waals surface area contributed by atoms with Crippen LogP contribution in [0.15, 0.2) is 18.2 Å². The molecule has 0 saturated carbocycles. The molecule has 0 aliphatic carbocycles. The first-order valence-electron chi connectivity index (χ1n) is 7.38. The van der Waals surface area contributed by atoms with Crippen LogP contribution in [0.5, 0.6) is 0 Å². The molecule has 0 saturated heterocycles. The molecule has 23 heavy (non-hydrogen) atoms. The van der Waals surface area contributed by atoms with Gasteiger partial charge in [-0.3, -0.25) is 9.59 Å². The van der Waals surface area contributed by atoms with Crippen LogP contribution in [-0.2, 0) is 20.9 Å². The van der Waals surface area contributed by atoms with E-state index in [1.165, 1.54) is 11.0 Å². The van der Waals surface area contributed by atoms with E-state index in [9.17, 15) is 18.4 Å². The maximum Gasteiger partial charge on any atom is 0.305 e. The first-order chi connectivity index (χ1) is 10.8. The Morgan fingerprint density at radius 3 is 2.57 bits per heavy atom. The van der Waals surface area contributed by atoms with Crippen molar-refractivity contribution in [1.82, 2.24) is 4.90 Å². The Balaban J connectivity index is 2.75. The lowest BCUT2D eigenvalue weighted by atomic mass is 10.2. The van der Waals surface area contributed by atoms with Crippen LogP contribution in [0.25, 0.3) is 0 Å². The van der Waals surface area contributed by atoms with Crippen LogP contribution in [-0.4, -0.2) is 41.1 Å². The maximum atomic E-state index is 13.2. The monoisotopic (exact) mass is 329 g/mol. The molecule has 0 bridgehead atoms. The zero-order valence-electron chi connectivity index (χ0n) is 13.2. The summed E-state index contributed by atoms with van der Waals surface area (Å²) in [4.78, 5) is 24.2. The van der Waals surface area contributed by atoms with Crippen LogP contribution in [0.1, 0.15) is 32.3 Å². The third-order valence-corrected chi connectivity index (χ3v) is 3.37. The van der Waals surface area contributed by atoms with Gasteiger partial charge in [-0.1, -0.05) is 13.0 Å². The highest BCUT2D eigenvalue weighted by Crippen LogP contribution is 2.12. The number of amides is 1. The Labute approximate surface area is 133 Å². The summed E-state index contributed by atoms with van der Waals surface area (Å²) in [5.41, 5.74) is 0.381. The second-order valence-electron chi connectivity index (χ2n) is 5.24. The highest BCUT2D eigenvalue weighted by atomic mass is 19.2. The normalized spacial score (nSPS) is 12.0. The van der Waals surface area contributed by atoms with E-state index in [1.807, 2.05) is 13.8 Å². The molecule has 1 aromatic carbocycles. The van der Waals surface area contributed by atoms with Crippen LogP contribution in [0.2, 0.25) is 0 Å². The minimum atomic E-state index is -1.05. The lowest BCUT2D eigenvalue weighted by Crippen LogP contribution is -2.36. The van der Waals surface area contributed by atoms with Gasteiger partial charge in [0.05, 0.1) is 12.5 Å². The predicted octanol–water partition coefficient (Wildman–Crippen LogP) is 2.58. The van der Waals surface area contributed by atoms with Gasteiger partial charge >= 0.3 is 5.97 Å². The zero-order valence-corrected chi connectivity index (χ0v) is 13.2. The SMILES string of the molecule is CCC(C)OCC(=O)N(CCC(=O)O)Cc1ccc(F)c(F)c1. The number of carboxylic acid groups (broad SMARTS) is 1. The molecular formula is C16H21F2NO4. The summed E-state index contributed by atoms with van der Waals surface area (Å²) in [6.07, 6.45) is 0.410. The summed E-state index contributed by atoms with van der Waals surface area (Å²) in [5, 5.41) is 8.77. The van der Waals surface area contributed by atoms with Gasteiger partial charge in [-0.25, -0.2) is 8.78 Å². The van der Waals surface area contributed by atoms with Crippen molar-refractivity contribution in [2.75, 3.05) is 13.2 Å². The largest absolute Gasteiger partial charge is 0.481 e. The van der Waals surface area contributed by atoms with Crippen molar-refractivity contribution >= 4 is 11.9 Å². The predicted molar refractivity (Wildman–Crippen MR) is 79.7 cm³/mol. The Morgan fingerprint density at radius 1 is 1.30 bits per heavy atom. The molecule has 1 amide bonds. The number of carbonyl (C=O) groups is 2. The summed E-state index contributed by atoms with van der Waals surface area (Å²) < 4.78 is 31.5. The van der Waals surface area contributed by atoms with Gasteiger partial charge in [-0.05, 0) is 31.0 Å². The Bertz CT molecular complexity index is 551. The third-order valence-electron chi connectivity index (χ3n) is 3.37. The zero-order chi connectivity index (χ0) is 17.4. The number of nitrogens with zero attached hydrogens (tertiary/aromatic N) is 1. The minimum Gasteiger partial charge on any atom is -0.481 e. The number of hydrogen-bond acceptors (Lipinski definition) is 3. The average Bonchev–Trinajstić information content (AvgIpc) is 2.51. The second kappa shape index (κ2) is 9.19. The number of ether oxygens (including phenoxy) is 1. The standard InChI is InChI=1S/C16H21F2NO4/c1-3-11(2)23-10-15(20)19(7-6-16(21)22)9-12-4-5-13(17)14(18)8-12/h4-5,8,11H,3,6-7,9-10H2,1-2H3,(H,21,22). The molecule has 0 fully saturated rings. The minimum absolute atomic E-state index is 0.00677. The van der Waals surface area contributed by atoms with Gasteiger partial charge in [0.2, 0.25) is 5.91 Å². The fraction of sp³-hybridized carbons (Fsp3) is 0.500. The molecule has 7 heteroatoms. The average molecular weight is 329 g/mol. The summed E-state index contributed by atoms with van der Waals surface area (Å²) in [6, 6.07) is 3.32. The van der Waals surface area contributed by atoms with Crippen LogP contribution in [0.4, 0.5) is 8.78 Å². The molecule has 0 aromatic heterocycles. The molecule has 0 spiro atoms. The Kier molecular flexibility index (Phi) is 7.61. The first kappa shape index (κ1) is 19.0. The lowest BCUT2D eigenvalue weighted by Gasteiger charge is -2.23. The van der Waals surface area contributed by atoms with Crippen molar-refractivity contribution in [3.8, 4) is 0 Å². The fourth-order valence-corrected chi connectivity index (χ4v) is 1.80. The number of benzene rings is 1. The quantitative estimate of drug-likeness (QED) is 0.756. The van der Waals surface area contributed by atoms with Gasteiger partial charge in [-0.2, -0.15) is 0 Å². The number of rotatable bonds is 9. The molecule has 128 valence electrons. The molecule has 1 unspecified atom stereocenters. The van der Waals surface area contributed by atoms with Gasteiger partial charge in [0.1, 0.15) is 6.61 Å². The molecule has 1 aromatic rings. The fourth-order valence-electron chi connectivity index (χ4n) is 1.80. The van der Waals surface area contributed by atoms with E-state index >= 15 is 0 Å². The van der Waals surface area contributed by atoms with Crippen LogP contribution in [0.3, 0.4) is 0 Å². The van der Waals surface area contributed by atoms with Crippen molar-refractivity contribution in [3.63, 3.8) is 0 Å². The van der Waals surface area contributed by atoms with Crippen LogP contribution < -0.4 is 0 Å².